The van der Waals surface area contributed by atoms with Gasteiger partial charge in [-0.25, -0.2) is 14.8 Å². The summed E-state index contributed by atoms with van der Waals surface area (Å²) in [6, 6.07) is 12.2. The number of aromatic nitrogens is 2. The van der Waals surface area contributed by atoms with Crippen LogP contribution in [0.25, 0.3) is 11.0 Å². The number of nitrogens with zero attached hydrogens (tertiary/aromatic N) is 3. The maximum Gasteiger partial charge on any atom is 0.343 e. The van der Waals surface area contributed by atoms with Gasteiger partial charge >= 0.3 is 11.6 Å². The van der Waals surface area contributed by atoms with E-state index in [1.807, 2.05) is 0 Å². The topological polar surface area (TPSA) is 129 Å². The molecule has 0 radical (unpaired) electrons. The van der Waals surface area contributed by atoms with Crippen LogP contribution in [0.2, 0.25) is 0 Å². The maximum atomic E-state index is 12.4. The quantitative estimate of drug-likeness (QED) is 0.310. The molecule has 0 aliphatic rings. The first-order valence-corrected chi connectivity index (χ1v) is 8.48. The second-order valence-corrected chi connectivity index (χ2v) is 6.11. The zero-order chi connectivity index (χ0) is 20.4. The van der Waals surface area contributed by atoms with E-state index in [2.05, 4.69) is 9.97 Å². The SMILES string of the molecule is O=c1oc2cc(Oc3ncccn3)ccc2c(O)c1Cc1cccc([N+](=O)[O-])c1. The van der Waals surface area contributed by atoms with Crippen molar-refractivity contribution in [1.29, 1.82) is 0 Å². The van der Waals surface area contributed by atoms with Gasteiger partial charge < -0.3 is 14.3 Å². The van der Waals surface area contributed by atoms with E-state index in [1.54, 1.807) is 24.3 Å². The fourth-order valence-electron chi connectivity index (χ4n) is 2.85. The standard InChI is InChI=1S/C20H13N3O6/c24-18-15-6-5-14(28-20-21-7-2-8-22-20)11-17(15)29-19(25)16(18)10-12-3-1-4-13(9-12)23(26)27/h1-9,11,24H,10H2. The summed E-state index contributed by atoms with van der Waals surface area (Å²) in [6.45, 7) is 0. The molecule has 0 aliphatic carbocycles. The van der Waals surface area contributed by atoms with Gasteiger partial charge in [0.15, 0.2) is 0 Å². The summed E-state index contributed by atoms with van der Waals surface area (Å²) in [7, 11) is 0. The Morgan fingerprint density at radius 3 is 2.66 bits per heavy atom. The highest BCUT2D eigenvalue weighted by atomic mass is 16.6. The molecule has 0 unspecified atom stereocenters. The van der Waals surface area contributed by atoms with Gasteiger partial charge in [-0.05, 0) is 23.8 Å². The predicted octanol–water partition coefficient (Wildman–Crippen LogP) is 3.58. The smallest absolute Gasteiger partial charge is 0.343 e. The van der Waals surface area contributed by atoms with Gasteiger partial charge in [0.2, 0.25) is 0 Å². The highest BCUT2D eigenvalue weighted by Gasteiger charge is 2.16. The minimum Gasteiger partial charge on any atom is -0.507 e. The molecular weight excluding hydrogens is 378 g/mol. The van der Waals surface area contributed by atoms with Crippen LogP contribution in [0.15, 0.2) is 70.1 Å². The van der Waals surface area contributed by atoms with E-state index in [1.165, 1.54) is 36.7 Å². The summed E-state index contributed by atoms with van der Waals surface area (Å²) in [5.74, 6) is 0.0861. The minimum absolute atomic E-state index is 0.0120. The Kier molecular flexibility index (Phi) is 4.62. The number of benzene rings is 2. The molecule has 144 valence electrons. The molecule has 4 rings (SSSR count). The van der Waals surface area contributed by atoms with Crippen molar-refractivity contribution in [2.45, 2.75) is 6.42 Å². The lowest BCUT2D eigenvalue weighted by atomic mass is 10.0. The molecule has 0 amide bonds. The molecule has 0 atom stereocenters. The van der Waals surface area contributed by atoms with Gasteiger partial charge in [-0.15, -0.1) is 0 Å². The second-order valence-electron chi connectivity index (χ2n) is 6.11. The lowest BCUT2D eigenvalue weighted by Crippen LogP contribution is -2.08. The summed E-state index contributed by atoms with van der Waals surface area (Å²) in [6.07, 6.45) is 3.03. The zero-order valence-corrected chi connectivity index (χ0v) is 14.8. The van der Waals surface area contributed by atoms with E-state index < -0.39 is 10.5 Å². The van der Waals surface area contributed by atoms with Crippen molar-refractivity contribution in [2.24, 2.45) is 0 Å². The van der Waals surface area contributed by atoms with Crippen LogP contribution >= 0.6 is 0 Å². The van der Waals surface area contributed by atoms with Crippen LogP contribution in [0.1, 0.15) is 11.1 Å². The third-order valence-electron chi connectivity index (χ3n) is 4.20. The van der Waals surface area contributed by atoms with Gasteiger partial charge in [0.05, 0.1) is 15.9 Å². The number of non-ortho nitro benzene ring substituents is 1. The minimum atomic E-state index is -0.741. The van der Waals surface area contributed by atoms with E-state index in [9.17, 15) is 20.0 Å². The van der Waals surface area contributed by atoms with E-state index >= 15 is 0 Å². The van der Waals surface area contributed by atoms with Crippen LogP contribution < -0.4 is 10.4 Å². The number of aromatic hydroxyl groups is 1. The highest BCUT2D eigenvalue weighted by molar-refractivity contribution is 5.85. The molecule has 2 aromatic heterocycles. The molecule has 0 spiro atoms. The molecule has 9 nitrogen and oxygen atoms in total. The molecule has 0 fully saturated rings. The van der Waals surface area contributed by atoms with E-state index in [0.717, 1.165) is 0 Å². The van der Waals surface area contributed by atoms with Crippen LogP contribution in [0.4, 0.5) is 5.69 Å². The van der Waals surface area contributed by atoms with Crippen molar-refractivity contribution in [3.05, 3.63) is 92.6 Å². The number of nitro groups is 1. The highest BCUT2D eigenvalue weighted by Crippen LogP contribution is 2.31. The second kappa shape index (κ2) is 7.39. The van der Waals surface area contributed by atoms with E-state index in [-0.39, 0.29) is 35.0 Å². The Hall–Kier alpha value is -4.27. The summed E-state index contributed by atoms with van der Waals surface area (Å²) in [4.78, 5) is 30.7. The molecule has 0 saturated carbocycles. The monoisotopic (exact) mass is 391 g/mol. The van der Waals surface area contributed by atoms with E-state index in [0.29, 0.717) is 16.7 Å². The van der Waals surface area contributed by atoms with Crippen LogP contribution in [-0.2, 0) is 6.42 Å². The number of hydrogen-bond acceptors (Lipinski definition) is 8. The third-order valence-corrected chi connectivity index (χ3v) is 4.20. The van der Waals surface area contributed by atoms with Crippen molar-refractivity contribution in [3.8, 4) is 17.5 Å². The molecule has 2 aromatic carbocycles. The number of hydrogen-bond donors (Lipinski definition) is 1. The lowest BCUT2D eigenvalue weighted by Gasteiger charge is -2.08. The van der Waals surface area contributed by atoms with Crippen LogP contribution in [0, 0.1) is 10.1 Å². The summed E-state index contributed by atoms with van der Waals surface area (Å²) >= 11 is 0. The Morgan fingerprint density at radius 1 is 1.10 bits per heavy atom. The first-order valence-electron chi connectivity index (χ1n) is 8.48. The normalized spacial score (nSPS) is 10.8. The number of nitro benzene ring substituents is 1. The van der Waals surface area contributed by atoms with Crippen molar-refractivity contribution in [2.75, 3.05) is 0 Å². The zero-order valence-electron chi connectivity index (χ0n) is 14.8. The molecule has 0 saturated heterocycles. The van der Waals surface area contributed by atoms with Gasteiger partial charge in [-0.3, -0.25) is 10.1 Å². The summed E-state index contributed by atoms with van der Waals surface area (Å²) in [5.41, 5.74) is -0.198. The van der Waals surface area contributed by atoms with Crippen molar-refractivity contribution in [1.82, 2.24) is 9.97 Å². The predicted molar refractivity (Wildman–Crippen MR) is 102 cm³/mol. The molecule has 0 bridgehead atoms. The first-order chi connectivity index (χ1) is 14.0. The molecule has 2 heterocycles. The van der Waals surface area contributed by atoms with Crippen LogP contribution in [0.3, 0.4) is 0 Å². The van der Waals surface area contributed by atoms with Crippen molar-refractivity contribution < 1.29 is 19.2 Å². The average molecular weight is 391 g/mol. The Labute approximate surface area is 163 Å². The summed E-state index contributed by atoms with van der Waals surface area (Å²) < 4.78 is 10.8. The maximum absolute atomic E-state index is 12.4. The first kappa shape index (κ1) is 18.1. The average Bonchev–Trinajstić information content (AvgIpc) is 2.72. The number of rotatable bonds is 5. The largest absolute Gasteiger partial charge is 0.507 e. The molecule has 9 heteroatoms. The van der Waals surface area contributed by atoms with E-state index in [4.69, 9.17) is 9.15 Å². The molecule has 1 N–H and O–H groups in total. The Bertz CT molecular complexity index is 1270. The van der Waals surface area contributed by atoms with Crippen LogP contribution in [-0.4, -0.2) is 20.0 Å². The van der Waals surface area contributed by atoms with Gasteiger partial charge in [-0.1, -0.05) is 12.1 Å². The van der Waals surface area contributed by atoms with Gasteiger partial charge in [-0.2, -0.15) is 0 Å². The number of ether oxygens (including phenoxy) is 1. The van der Waals surface area contributed by atoms with Gasteiger partial charge in [0.25, 0.3) is 5.69 Å². The van der Waals surface area contributed by atoms with Crippen LogP contribution in [0.5, 0.6) is 17.5 Å². The Balaban J connectivity index is 1.70. The molecule has 4 aromatic rings. The van der Waals surface area contributed by atoms with Gasteiger partial charge in [0, 0.05) is 37.0 Å². The fourth-order valence-corrected chi connectivity index (χ4v) is 2.85. The van der Waals surface area contributed by atoms with Gasteiger partial charge in [0.1, 0.15) is 17.1 Å². The number of fused-ring (bicyclic) bond motifs is 1. The molecule has 0 aliphatic heterocycles. The van der Waals surface area contributed by atoms with Crippen molar-refractivity contribution >= 4 is 16.7 Å². The third kappa shape index (κ3) is 3.74. The Morgan fingerprint density at radius 2 is 1.90 bits per heavy atom. The fraction of sp³-hybridized carbons (Fsp3) is 0.0500. The van der Waals surface area contributed by atoms with Crippen molar-refractivity contribution in [3.63, 3.8) is 0 Å². The molecule has 29 heavy (non-hydrogen) atoms. The molecular formula is C20H13N3O6. The summed E-state index contributed by atoms with van der Waals surface area (Å²) in [5, 5.41) is 21.8. The lowest BCUT2D eigenvalue weighted by molar-refractivity contribution is -0.384.